The largest absolute Gasteiger partial charge is 0.515 e. The molecule has 0 aromatic heterocycles. The van der Waals surface area contributed by atoms with Crippen LogP contribution in [0.15, 0.2) is 116 Å². The Morgan fingerprint density at radius 1 is 0.918 bits per heavy atom. The van der Waals surface area contributed by atoms with Crippen molar-refractivity contribution in [3.05, 3.63) is 116 Å². The molecule has 274 valence electrons. The monoisotopic (exact) mass is 671 g/mol. The molecule has 1 atom stereocenters. The molecule has 0 radical (unpaired) electrons. The molecule has 2 heteroatoms. The third-order valence-corrected chi connectivity index (χ3v) is 10.4. The molecule has 0 aromatic carbocycles. The van der Waals surface area contributed by atoms with E-state index in [2.05, 4.69) is 161 Å². The van der Waals surface area contributed by atoms with Gasteiger partial charge in [0.15, 0.2) is 0 Å². The summed E-state index contributed by atoms with van der Waals surface area (Å²) >= 11 is 0. The molecule has 0 fully saturated rings. The van der Waals surface area contributed by atoms with Gasteiger partial charge in [0.1, 0.15) is 5.76 Å². The molecule has 0 amide bonds. The molecular formula is C47H74O2. The highest BCUT2D eigenvalue weighted by molar-refractivity contribution is 5.51. The first kappa shape index (κ1) is 44.0. The third kappa shape index (κ3) is 13.7. The van der Waals surface area contributed by atoms with Gasteiger partial charge in [0.2, 0.25) is 0 Å². The van der Waals surface area contributed by atoms with E-state index in [0.717, 1.165) is 54.4 Å². The maximum absolute atomic E-state index is 11.7. The van der Waals surface area contributed by atoms with E-state index in [-0.39, 0.29) is 28.1 Å². The van der Waals surface area contributed by atoms with E-state index in [1.807, 2.05) is 0 Å². The summed E-state index contributed by atoms with van der Waals surface area (Å²) in [5.41, 5.74) is 13.2. The smallest absolute Gasteiger partial charge is 0.122 e. The van der Waals surface area contributed by atoms with E-state index in [1.165, 1.54) is 45.3 Å². The SMILES string of the molecule is C=C(C)C/C(C)=C(C)/C(CC(=C/C(=C/O)C(C)C)/C=C(\C)C(C)(C)C)=C(C)\C(=C\C)CC1C=CC(CC(C)(C)C)=C(O)C(C(C)(C)CC)=C1. The number of rotatable bonds is 14. The number of aliphatic hydroxyl groups excluding tert-OH is 2. The van der Waals surface area contributed by atoms with Crippen molar-refractivity contribution in [3.63, 3.8) is 0 Å². The van der Waals surface area contributed by atoms with Crippen LogP contribution in [0.1, 0.15) is 150 Å². The maximum atomic E-state index is 11.7. The first-order chi connectivity index (χ1) is 22.4. The summed E-state index contributed by atoms with van der Waals surface area (Å²) < 4.78 is 0. The summed E-state index contributed by atoms with van der Waals surface area (Å²) in [5, 5.41) is 21.9. The Balaban J connectivity index is 4.03. The fourth-order valence-electron chi connectivity index (χ4n) is 6.15. The fourth-order valence-corrected chi connectivity index (χ4v) is 6.15. The third-order valence-electron chi connectivity index (χ3n) is 10.4. The zero-order valence-electron chi connectivity index (χ0n) is 34.8. The normalized spacial score (nSPS) is 18.8. The molecule has 0 bridgehead atoms. The number of hydrogen-bond donors (Lipinski definition) is 2. The van der Waals surface area contributed by atoms with Crippen LogP contribution in [0.4, 0.5) is 0 Å². The van der Waals surface area contributed by atoms with Crippen molar-refractivity contribution >= 4 is 0 Å². The maximum Gasteiger partial charge on any atom is 0.122 e. The van der Waals surface area contributed by atoms with Gasteiger partial charge in [-0.1, -0.05) is 136 Å². The van der Waals surface area contributed by atoms with Gasteiger partial charge in [-0.3, -0.25) is 0 Å². The zero-order chi connectivity index (χ0) is 38.1. The highest BCUT2D eigenvalue weighted by atomic mass is 16.3. The molecule has 0 spiro atoms. The Hall–Kier alpha value is -3.00. The second kappa shape index (κ2) is 18.3. The van der Waals surface area contributed by atoms with Crippen molar-refractivity contribution in [1.82, 2.24) is 0 Å². The van der Waals surface area contributed by atoms with Gasteiger partial charge in [0.25, 0.3) is 0 Å². The average Bonchev–Trinajstić information content (AvgIpc) is 3.13. The predicted molar refractivity (Wildman–Crippen MR) is 219 cm³/mol. The van der Waals surface area contributed by atoms with Crippen molar-refractivity contribution in [2.75, 3.05) is 0 Å². The van der Waals surface area contributed by atoms with E-state index >= 15 is 0 Å². The van der Waals surface area contributed by atoms with E-state index in [1.54, 1.807) is 0 Å². The van der Waals surface area contributed by atoms with Crippen LogP contribution in [0.5, 0.6) is 0 Å². The predicted octanol–water partition coefficient (Wildman–Crippen LogP) is 15.1. The molecule has 1 rings (SSSR count). The summed E-state index contributed by atoms with van der Waals surface area (Å²) in [6.07, 6.45) is 19.1. The van der Waals surface area contributed by atoms with Gasteiger partial charge < -0.3 is 10.2 Å². The van der Waals surface area contributed by atoms with Crippen molar-refractivity contribution in [3.8, 4) is 0 Å². The van der Waals surface area contributed by atoms with Gasteiger partial charge in [0.05, 0.1) is 6.26 Å². The van der Waals surface area contributed by atoms with Gasteiger partial charge >= 0.3 is 0 Å². The summed E-state index contributed by atoms with van der Waals surface area (Å²) in [6, 6.07) is 0. The Morgan fingerprint density at radius 3 is 1.96 bits per heavy atom. The van der Waals surface area contributed by atoms with E-state index in [4.69, 9.17) is 0 Å². The van der Waals surface area contributed by atoms with Gasteiger partial charge in [-0.05, 0) is 146 Å². The molecule has 1 aliphatic carbocycles. The number of allylic oxidation sites excluding steroid dienone is 17. The lowest BCUT2D eigenvalue weighted by Crippen LogP contribution is -2.18. The lowest BCUT2D eigenvalue weighted by molar-refractivity contribution is 0.339. The molecule has 2 N–H and O–H groups in total. The van der Waals surface area contributed by atoms with Crippen LogP contribution in [0.25, 0.3) is 0 Å². The molecule has 0 aliphatic heterocycles. The molecule has 49 heavy (non-hydrogen) atoms. The van der Waals surface area contributed by atoms with Crippen LogP contribution in [-0.2, 0) is 0 Å². The summed E-state index contributed by atoms with van der Waals surface area (Å²) in [4.78, 5) is 0. The zero-order valence-corrected chi connectivity index (χ0v) is 34.8. The Labute approximate surface area is 303 Å². The number of hydrogen-bond acceptors (Lipinski definition) is 2. The van der Waals surface area contributed by atoms with Gasteiger partial charge in [-0.2, -0.15) is 0 Å². The summed E-state index contributed by atoms with van der Waals surface area (Å²) in [7, 11) is 0. The number of aliphatic hydroxyl groups is 2. The molecule has 1 unspecified atom stereocenters. The van der Waals surface area contributed by atoms with E-state index in [9.17, 15) is 10.2 Å². The second-order valence-electron chi connectivity index (χ2n) is 17.9. The minimum absolute atomic E-state index is 0.0295. The van der Waals surface area contributed by atoms with Gasteiger partial charge in [0, 0.05) is 0 Å². The Bertz CT molecular complexity index is 1470. The lowest BCUT2D eigenvalue weighted by atomic mass is 9.77. The van der Waals surface area contributed by atoms with Crippen LogP contribution < -0.4 is 0 Å². The molecule has 2 nitrogen and oxygen atoms in total. The first-order valence-corrected chi connectivity index (χ1v) is 18.6. The van der Waals surface area contributed by atoms with Crippen LogP contribution in [0.3, 0.4) is 0 Å². The average molecular weight is 671 g/mol. The molecule has 0 saturated heterocycles. The molecule has 1 aliphatic rings. The molecular weight excluding hydrogens is 597 g/mol. The van der Waals surface area contributed by atoms with Crippen molar-refractivity contribution in [2.45, 2.75) is 150 Å². The Morgan fingerprint density at radius 2 is 1.51 bits per heavy atom. The topological polar surface area (TPSA) is 40.5 Å². The van der Waals surface area contributed by atoms with Gasteiger partial charge in [-0.25, -0.2) is 0 Å². The highest BCUT2D eigenvalue weighted by Gasteiger charge is 2.29. The van der Waals surface area contributed by atoms with Crippen molar-refractivity contribution in [1.29, 1.82) is 0 Å². The first-order valence-electron chi connectivity index (χ1n) is 18.6. The standard InChI is InChI=1S/C47H74O2/c1-19-39(25-37-21-22-40(29-45(11,12)13)44(49)43(28-37)47(17,18)20-2)36(10)42(35(9)33(7)23-31(3)4)27-38(24-34(8)46(14,15)16)26-41(30-48)32(5)6/h19,21-22,24,26,28,30,32,37,48-49H,3,20,23,25,27,29H2,1-2,4-18H3/b34-24+,35-33+,38-26+,39-19+,41-30-,42-36-. The summed E-state index contributed by atoms with van der Waals surface area (Å²) in [5.74, 6) is 0.804. The van der Waals surface area contributed by atoms with Crippen LogP contribution in [-0.4, -0.2) is 10.2 Å². The van der Waals surface area contributed by atoms with Crippen molar-refractivity contribution < 1.29 is 10.2 Å². The van der Waals surface area contributed by atoms with Crippen LogP contribution in [0, 0.1) is 28.1 Å². The van der Waals surface area contributed by atoms with Crippen LogP contribution in [0.2, 0.25) is 0 Å². The second-order valence-corrected chi connectivity index (χ2v) is 17.9. The van der Waals surface area contributed by atoms with E-state index in [0.29, 0.717) is 5.76 Å². The molecule has 0 aromatic rings. The lowest BCUT2D eigenvalue weighted by Gasteiger charge is -2.29. The fraction of sp³-hybridized carbons (Fsp3) is 0.574. The molecule has 0 saturated carbocycles. The van der Waals surface area contributed by atoms with Gasteiger partial charge in [-0.15, -0.1) is 0 Å². The minimum atomic E-state index is -0.145. The van der Waals surface area contributed by atoms with Crippen molar-refractivity contribution in [2.24, 2.45) is 28.1 Å². The quantitative estimate of drug-likeness (QED) is 0.110. The summed E-state index contributed by atoms with van der Waals surface area (Å²) in [6.45, 7) is 41.9. The van der Waals surface area contributed by atoms with Crippen LogP contribution >= 0.6 is 0 Å². The van der Waals surface area contributed by atoms with E-state index < -0.39 is 0 Å². The minimum Gasteiger partial charge on any atom is -0.515 e. The molecule has 0 heterocycles. The Kier molecular flexibility index (Phi) is 16.4. The highest BCUT2D eigenvalue weighted by Crippen LogP contribution is 2.42.